The molecule has 0 amide bonds. The Morgan fingerprint density at radius 2 is 2.13 bits per heavy atom. The predicted octanol–water partition coefficient (Wildman–Crippen LogP) is 2.26. The fourth-order valence-electron chi connectivity index (χ4n) is 1.31. The van der Waals surface area contributed by atoms with E-state index in [1.807, 2.05) is 19.0 Å². The van der Waals surface area contributed by atoms with E-state index in [-0.39, 0.29) is 12.6 Å². The molecule has 1 aromatic rings. The van der Waals surface area contributed by atoms with Gasteiger partial charge in [0.25, 0.3) is 0 Å². The van der Waals surface area contributed by atoms with E-state index in [0.717, 1.165) is 5.56 Å². The molecular weight excluding hydrogens is 233 g/mol. The van der Waals surface area contributed by atoms with Crippen molar-refractivity contribution in [2.45, 2.75) is 12.5 Å². The molecule has 1 radical (unpaired) electrons. The second-order valence-corrected chi connectivity index (χ2v) is 4.41. The molecule has 1 aromatic carbocycles. The van der Waals surface area contributed by atoms with Crippen molar-refractivity contribution in [3.05, 3.63) is 33.8 Å². The van der Waals surface area contributed by atoms with Gasteiger partial charge in [0.1, 0.15) is 0 Å². The molecular formula is C11H14Cl2NO. The quantitative estimate of drug-likeness (QED) is 0.882. The van der Waals surface area contributed by atoms with Crippen molar-refractivity contribution in [2.75, 3.05) is 20.7 Å². The predicted molar refractivity (Wildman–Crippen MR) is 63.6 cm³/mol. The van der Waals surface area contributed by atoms with Gasteiger partial charge in [0.15, 0.2) is 0 Å². The van der Waals surface area contributed by atoms with Crippen LogP contribution >= 0.6 is 23.2 Å². The normalized spacial score (nSPS) is 13.2. The maximum absolute atomic E-state index is 9.20. The van der Waals surface area contributed by atoms with Gasteiger partial charge in [-0.1, -0.05) is 29.3 Å². The summed E-state index contributed by atoms with van der Waals surface area (Å²) in [5.41, 5.74) is 0.841. The van der Waals surface area contributed by atoms with E-state index >= 15 is 0 Å². The first kappa shape index (κ1) is 12.8. The van der Waals surface area contributed by atoms with Crippen LogP contribution in [0.15, 0.2) is 12.1 Å². The van der Waals surface area contributed by atoms with E-state index in [1.54, 1.807) is 12.1 Å². The van der Waals surface area contributed by atoms with Gasteiger partial charge in [-0.2, -0.15) is 0 Å². The van der Waals surface area contributed by atoms with Crippen LogP contribution in [0, 0.1) is 6.07 Å². The summed E-state index contributed by atoms with van der Waals surface area (Å²) in [5, 5.41) is 10.4. The molecule has 0 aromatic heterocycles. The van der Waals surface area contributed by atoms with Gasteiger partial charge in [0, 0.05) is 17.1 Å². The molecule has 4 heteroatoms. The van der Waals surface area contributed by atoms with E-state index in [2.05, 4.69) is 6.07 Å². The highest BCUT2D eigenvalue weighted by Crippen LogP contribution is 2.25. The monoisotopic (exact) mass is 246 g/mol. The molecule has 0 saturated heterocycles. The zero-order valence-electron chi connectivity index (χ0n) is 8.80. The van der Waals surface area contributed by atoms with E-state index in [1.165, 1.54) is 0 Å². The molecule has 0 saturated carbocycles. The van der Waals surface area contributed by atoms with Gasteiger partial charge < -0.3 is 10.0 Å². The van der Waals surface area contributed by atoms with E-state index in [0.29, 0.717) is 16.5 Å². The highest BCUT2D eigenvalue weighted by Gasteiger charge is 2.15. The van der Waals surface area contributed by atoms with Gasteiger partial charge in [-0.25, -0.2) is 0 Å². The molecule has 2 nitrogen and oxygen atoms in total. The summed E-state index contributed by atoms with van der Waals surface area (Å²) in [6.07, 6.45) is 0.624. The molecule has 0 aliphatic rings. The molecule has 0 bridgehead atoms. The number of aliphatic hydroxyl groups excluding tert-OH is 1. The summed E-state index contributed by atoms with van der Waals surface area (Å²) in [6.45, 7) is 0.0779. The van der Waals surface area contributed by atoms with Crippen LogP contribution in [-0.2, 0) is 6.42 Å². The summed E-state index contributed by atoms with van der Waals surface area (Å²) >= 11 is 12.0. The lowest BCUT2D eigenvalue weighted by molar-refractivity contribution is 0.169. The van der Waals surface area contributed by atoms with Gasteiger partial charge in [0.05, 0.1) is 11.6 Å². The van der Waals surface area contributed by atoms with Crippen LogP contribution in [0.1, 0.15) is 5.56 Å². The summed E-state index contributed by atoms with van der Waals surface area (Å²) < 4.78 is 0. The Morgan fingerprint density at radius 1 is 1.47 bits per heavy atom. The molecule has 83 valence electrons. The number of nitrogens with zero attached hydrogens (tertiary/aromatic N) is 1. The van der Waals surface area contributed by atoms with Crippen molar-refractivity contribution in [3.8, 4) is 0 Å². The van der Waals surface area contributed by atoms with Gasteiger partial charge >= 0.3 is 0 Å². The average Bonchev–Trinajstić information content (AvgIpc) is 2.17. The Morgan fingerprint density at radius 3 is 2.60 bits per heavy atom. The number of likely N-dealkylation sites (N-methyl/N-ethyl adjacent to an activating group) is 1. The Labute approximate surface area is 100 Å². The molecule has 0 spiro atoms. The highest BCUT2D eigenvalue weighted by molar-refractivity contribution is 6.35. The minimum Gasteiger partial charge on any atom is -0.395 e. The van der Waals surface area contributed by atoms with E-state index in [9.17, 15) is 5.11 Å². The number of rotatable bonds is 4. The number of hydrogen-bond donors (Lipinski definition) is 1. The maximum atomic E-state index is 9.20. The van der Waals surface area contributed by atoms with Crippen molar-refractivity contribution in [2.24, 2.45) is 0 Å². The fourth-order valence-corrected chi connectivity index (χ4v) is 1.84. The first-order valence-electron chi connectivity index (χ1n) is 4.68. The van der Waals surface area contributed by atoms with Gasteiger partial charge in [-0.15, -0.1) is 0 Å². The Hall–Kier alpha value is -0.280. The van der Waals surface area contributed by atoms with Crippen LogP contribution < -0.4 is 0 Å². The van der Waals surface area contributed by atoms with Crippen LogP contribution in [-0.4, -0.2) is 36.8 Å². The molecule has 1 rings (SSSR count). The maximum Gasteiger partial charge on any atom is 0.0589 e. The molecule has 1 atom stereocenters. The molecule has 15 heavy (non-hydrogen) atoms. The molecule has 0 heterocycles. The standard InChI is InChI=1S/C11H14Cl2NO/c1-14(2)8(7-15)6-9-10(12)4-3-5-11(9)13/h3-4,8,15H,6-7H2,1-2H3. The lowest BCUT2D eigenvalue weighted by Gasteiger charge is -2.22. The lowest BCUT2D eigenvalue weighted by Crippen LogP contribution is -2.33. The van der Waals surface area contributed by atoms with Crippen LogP contribution in [0.2, 0.25) is 10.0 Å². The minimum atomic E-state index is 0.0239. The summed E-state index contributed by atoms with van der Waals surface area (Å²) in [5.74, 6) is 0. The largest absolute Gasteiger partial charge is 0.395 e. The summed E-state index contributed by atoms with van der Waals surface area (Å²) in [4.78, 5) is 1.94. The van der Waals surface area contributed by atoms with Gasteiger partial charge in [-0.05, 0) is 32.1 Å². The van der Waals surface area contributed by atoms with Crippen LogP contribution in [0.3, 0.4) is 0 Å². The van der Waals surface area contributed by atoms with E-state index < -0.39 is 0 Å². The Kier molecular flexibility index (Phi) is 4.87. The van der Waals surface area contributed by atoms with Crippen LogP contribution in [0.5, 0.6) is 0 Å². The number of halogens is 2. The Bertz CT molecular complexity index is 308. The third-order valence-corrected chi connectivity index (χ3v) is 3.07. The van der Waals surface area contributed by atoms with Crippen molar-refractivity contribution in [3.63, 3.8) is 0 Å². The van der Waals surface area contributed by atoms with Crippen LogP contribution in [0.4, 0.5) is 0 Å². The zero-order valence-corrected chi connectivity index (χ0v) is 10.3. The summed E-state index contributed by atoms with van der Waals surface area (Å²) in [6, 6.07) is 6.36. The lowest BCUT2D eigenvalue weighted by atomic mass is 10.1. The van der Waals surface area contributed by atoms with Crippen LogP contribution in [0.25, 0.3) is 0 Å². The molecule has 1 unspecified atom stereocenters. The highest BCUT2D eigenvalue weighted by atomic mass is 35.5. The van der Waals surface area contributed by atoms with Crippen molar-refractivity contribution < 1.29 is 5.11 Å². The number of benzene rings is 1. The third-order valence-electron chi connectivity index (χ3n) is 2.37. The summed E-state index contributed by atoms with van der Waals surface area (Å²) in [7, 11) is 3.82. The topological polar surface area (TPSA) is 23.5 Å². The first-order valence-corrected chi connectivity index (χ1v) is 5.43. The van der Waals surface area contributed by atoms with Gasteiger partial charge in [-0.3, -0.25) is 0 Å². The number of aliphatic hydroxyl groups is 1. The average molecular weight is 247 g/mol. The minimum absolute atomic E-state index is 0.0239. The fraction of sp³-hybridized carbons (Fsp3) is 0.455. The zero-order chi connectivity index (χ0) is 11.4. The van der Waals surface area contributed by atoms with Gasteiger partial charge in [0.2, 0.25) is 0 Å². The molecule has 0 aliphatic carbocycles. The van der Waals surface area contributed by atoms with Crippen molar-refractivity contribution in [1.82, 2.24) is 4.90 Å². The second-order valence-electron chi connectivity index (χ2n) is 3.62. The SMILES string of the molecule is CN(C)C(CO)Cc1c(Cl)[c]ccc1Cl. The molecule has 0 aliphatic heterocycles. The third kappa shape index (κ3) is 3.35. The molecule has 0 fully saturated rings. The Balaban J connectivity index is 2.87. The van der Waals surface area contributed by atoms with Crippen molar-refractivity contribution in [1.29, 1.82) is 0 Å². The number of hydrogen-bond acceptors (Lipinski definition) is 2. The molecule has 1 N–H and O–H groups in total. The van der Waals surface area contributed by atoms with E-state index in [4.69, 9.17) is 23.2 Å². The first-order chi connectivity index (χ1) is 7.06. The smallest absolute Gasteiger partial charge is 0.0589 e. The van der Waals surface area contributed by atoms with Crippen molar-refractivity contribution >= 4 is 23.2 Å². The second kappa shape index (κ2) is 5.71.